The number of amides is 2. The first kappa shape index (κ1) is 20.1. The summed E-state index contributed by atoms with van der Waals surface area (Å²) in [7, 11) is 3.75. The molecule has 2 aliphatic heterocycles. The van der Waals surface area contributed by atoms with Crippen LogP contribution in [0.2, 0.25) is 0 Å². The number of benzene rings is 1. The molecule has 8 nitrogen and oxygen atoms in total. The second kappa shape index (κ2) is 8.25. The Morgan fingerprint density at radius 1 is 1.20 bits per heavy atom. The average Bonchev–Trinajstić information content (AvgIpc) is 3.35. The van der Waals surface area contributed by atoms with E-state index in [0.29, 0.717) is 43.4 Å². The summed E-state index contributed by atoms with van der Waals surface area (Å²) in [6, 6.07) is 5.74. The fourth-order valence-corrected chi connectivity index (χ4v) is 3.81. The van der Waals surface area contributed by atoms with Crippen molar-refractivity contribution in [2.75, 3.05) is 43.5 Å². The summed E-state index contributed by atoms with van der Waals surface area (Å²) < 4.78 is 19.1. The summed E-state index contributed by atoms with van der Waals surface area (Å²) in [6.45, 7) is 1.33. The molecule has 2 fully saturated rings. The smallest absolute Gasteiger partial charge is 0.234 e. The molecule has 2 unspecified atom stereocenters. The molecule has 3 heterocycles. The Labute approximate surface area is 174 Å². The number of hydrogen-bond acceptors (Lipinski definition) is 6. The summed E-state index contributed by atoms with van der Waals surface area (Å²) in [5.41, 5.74) is 0.610. The summed E-state index contributed by atoms with van der Waals surface area (Å²) in [5, 5.41) is 0. The van der Waals surface area contributed by atoms with Crippen molar-refractivity contribution in [1.29, 1.82) is 0 Å². The predicted octanol–water partition coefficient (Wildman–Crippen LogP) is 1.71. The third-order valence-electron chi connectivity index (χ3n) is 5.41. The average molecular weight is 413 g/mol. The van der Waals surface area contributed by atoms with Crippen LogP contribution >= 0.6 is 0 Å². The molecule has 2 aromatic rings. The van der Waals surface area contributed by atoms with E-state index in [1.54, 1.807) is 34.3 Å². The molecule has 30 heavy (non-hydrogen) atoms. The minimum atomic E-state index is -0.404. The largest absolute Gasteiger partial charge is 0.471 e. The second-order valence-corrected chi connectivity index (χ2v) is 7.80. The lowest BCUT2D eigenvalue weighted by molar-refractivity contribution is -0.135. The number of aromatic nitrogens is 2. The van der Waals surface area contributed by atoms with E-state index in [1.165, 1.54) is 12.1 Å². The van der Waals surface area contributed by atoms with Crippen molar-refractivity contribution in [2.45, 2.75) is 18.9 Å². The van der Waals surface area contributed by atoms with Gasteiger partial charge in [-0.2, -0.15) is 4.98 Å². The third kappa shape index (κ3) is 4.19. The normalized spacial score (nSPS) is 21.2. The Morgan fingerprint density at radius 2 is 1.97 bits per heavy atom. The van der Waals surface area contributed by atoms with Crippen LogP contribution in [0.3, 0.4) is 0 Å². The summed E-state index contributed by atoms with van der Waals surface area (Å²) in [4.78, 5) is 39.0. The van der Waals surface area contributed by atoms with Crippen LogP contribution in [0.4, 0.5) is 15.9 Å². The molecule has 2 amide bonds. The monoisotopic (exact) mass is 413 g/mol. The van der Waals surface area contributed by atoms with Crippen LogP contribution in [0.15, 0.2) is 36.7 Å². The Bertz CT molecular complexity index is 936. The van der Waals surface area contributed by atoms with E-state index < -0.39 is 5.92 Å². The maximum absolute atomic E-state index is 13.1. The van der Waals surface area contributed by atoms with E-state index in [9.17, 15) is 14.0 Å². The third-order valence-corrected chi connectivity index (χ3v) is 5.41. The molecule has 158 valence electrons. The zero-order valence-electron chi connectivity index (χ0n) is 17.0. The van der Waals surface area contributed by atoms with Crippen LogP contribution < -0.4 is 14.5 Å². The molecule has 2 saturated heterocycles. The van der Waals surface area contributed by atoms with Crippen LogP contribution in [0.25, 0.3) is 0 Å². The van der Waals surface area contributed by atoms with Crippen LogP contribution in [-0.4, -0.2) is 66.5 Å². The highest BCUT2D eigenvalue weighted by molar-refractivity contribution is 6.00. The van der Waals surface area contributed by atoms with Crippen LogP contribution in [-0.2, 0) is 9.59 Å². The number of halogens is 1. The van der Waals surface area contributed by atoms with Gasteiger partial charge in [-0.3, -0.25) is 14.6 Å². The van der Waals surface area contributed by atoms with Crippen molar-refractivity contribution < 1.29 is 18.7 Å². The molecule has 4 rings (SSSR count). The van der Waals surface area contributed by atoms with Crippen molar-refractivity contribution in [1.82, 2.24) is 14.9 Å². The molecule has 0 saturated carbocycles. The zero-order valence-corrected chi connectivity index (χ0v) is 17.0. The van der Waals surface area contributed by atoms with Crippen LogP contribution in [0, 0.1) is 11.7 Å². The summed E-state index contributed by atoms with van der Waals surface area (Å²) in [6.07, 6.45) is 3.91. The molecule has 2 aliphatic rings. The van der Waals surface area contributed by atoms with Gasteiger partial charge in [-0.15, -0.1) is 0 Å². The van der Waals surface area contributed by atoms with Crippen molar-refractivity contribution in [3.8, 4) is 5.88 Å². The van der Waals surface area contributed by atoms with Crippen LogP contribution in [0.5, 0.6) is 5.88 Å². The minimum Gasteiger partial charge on any atom is -0.471 e. The first-order valence-corrected chi connectivity index (χ1v) is 9.91. The topological polar surface area (TPSA) is 78.9 Å². The van der Waals surface area contributed by atoms with Crippen molar-refractivity contribution in [3.63, 3.8) is 0 Å². The number of carbonyl (C=O) groups is 2. The highest BCUT2D eigenvalue weighted by Crippen LogP contribution is 2.28. The Hall–Kier alpha value is -3.23. The van der Waals surface area contributed by atoms with E-state index >= 15 is 0 Å². The van der Waals surface area contributed by atoms with E-state index in [4.69, 9.17) is 4.74 Å². The highest BCUT2D eigenvalue weighted by atomic mass is 19.1. The van der Waals surface area contributed by atoms with Gasteiger partial charge < -0.3 is 19.4 Å². The number of hydrogen-bond donors (Lipinski definition) is 0. The van der Waals surface area contributed by atoms with Gasteiger partial charge in [0, 0.05) is 45.7 Å². The Balaban J connectivity index is 1.35. The number of nitrogens with zero attached hydrogens (tertiary/aromatic N) is 5. The fraction of sp³-hybridized carbons (Fsp3) is 0.429. The van der Waals surface area contributed by atoms with E-state index in [-0.39, 0.29) is 30.2 Å². The lowest BCUT2D eigenvalue weighted by Gasteiger charge is -2.21. The molecule has 0 bridgehead atoms. The zero-order chi connectivity index (χ0) is 21.3. The number of anilines is 2. The van der Waals surface area contributed by atoms with Gasteiger partial charge in [-0.05, 0) is 24.3 Å². The molecule has 0 spiro atoms. The van der Waals surface area contributed by atoms with Gasteiger partial charge in [0.2, 0.25) is 17.7 Å². The van der Waals surface area contributed by atoms with Crippen molar-refractivity contribution in [3.05, 3.63) is 42.5 Å². The predicted molar refractivity (Wildman–Crippen MR) is 109 cm³/mol. The van der Waals surface area contributed by atoms with Gasteiger partial charge in [0.1, 0.15) is 11.9 Å². The SMILES string of the molecule is CN(C)c1cncc(OC2CCN(C(=O)C3CC(=O)N(c4ccc(F)cc4)C3)C2)n1. The maximum Gasteiger partial charge on any atom is 0.234 e. The molecule has 9 heteroatoms. The maximum atomic E-state index is 13.1. The van der Waals surface area contributed by atoms with E-state index in [2.05, 4.69) is 9.97 Å². The standard InChI is InChI=1S/C21H24FN5O3/c1-25(2)18-10-23-11-19(24-18)30-17-7-8-26(13-17)21(29)14-9-20(28)27(12-14)16-5-3-15(22)4-6-16/h3-6,10-11,14,17H,7-9,12-13H2,1-2H3. The molecule has 1 aromatic carbocycles. The minimum absolute atomic E-state index is 0.0489. The van der Waals surface area contributed by atoms with Gasteiger partial charge in [-0.1, -0.05) is 0 Å². The molecule has 0 N–H and O–H groups in total. The molecule has 1 aromatic heterocycles. The van der Waals surface area contributed by atoms with E-state index in [1.807, 2.05) is 19.0 Å². The summed E-state index contributed by atoms with van der Waals surface area (Å²) in [5.74, 6) is 0.192. The quantitative estimate of drug-likeness (QED) is 0.743. The van der Waals surface area contributed by atoms with Gasteiger partial charge >= 0.3 is 0 Å². The lowest BCUT2D eigenvalue weighted by atomic mass is 10.1. The molecule has 2 atom stereocenters. The first-order valence-electron chi connectivity index (χ1n) is 9.91. The van der Waals surface area contributed by atoms with E-state index in [0.717, 1.165) is 0 Å². The van der Waals surface area contributed by atoms with Gasteiger partial charge in [0.05, 0.1) is 24.9 Å². The van der Waals surface area contributed by atoms with Crippen molar-refractivity contribution in [2.24, 2.45) is 5.92 Å². The first-order chi connectivity index (χ1) is 14.4. The summed E-state index contributed by atoms with van der Waals surface area (Å²) >= 11 is 0. The Kier molecular flexibility index (Phi) is 5.52. The van der Waals surface area contributed by atoms with Gasteiger partial charge in [0.15, 0.2) is 5.82 Å². The van der Waals surface area contributed by atoms with Gasteiger partial charge in [-0.25, -0.2) is 4.39 Å². The fourth-order valence-electron chi connectivity index (χ4n) is 3.81. The number of carbonyl (C=O) groups excluding carboxylic acids is 2. The number of ether oxygens (including phenoxy) is 1. The molecular weight excluding hydrogens is 389 g/mol. The lowest BCUT2D eigenvalue weighted by Crippen LogP contribution is -2.37. The molecule has 0 aliphatic carbocycles. The molecular formula is C21H24FN5O3. The number of likely N-dealkylation sites (tertiary alicyclic amines) is 1. The molecule has 0 radical (unpaired) electrons. The highest BCUT2D eigenvalue weighted by Gasteiger charge is 2.39. The van der Waals surface area contributed by atoms with Crippen LogP contribution in [0.1, 0.15) is 12.8 Å². The van der Waals surface area contributed by atoms with Crippen molar-refractivity contribution >= 4 is 23.3 Å². The number of rotatable bonds is 5. The second-order valence-electron chi connectivity index (χ2n) is 7.80. The Morgan fingerprint density at radius 3 is 2.70 bits per heavy atom. The van der Waals surface area contributed by atoms with Gasteiger partial charge in [0.25, 0.3) is 0 Å².